The van der Waals surface area contributed by atoms with Crippen molar-refractivity contribution in [2.45, 2.75) is 19.3 Å². The van der Waals surface area contributed by atoms with Crippen LogP contribution in [0.1, 0.15) is 18.4 Å². The van der Waals surface area contributed by atoms with Crippen LogP contribution in [0.2, 0.25) is 0 Å². The van der Waals surface area contributed by atoms with E-state index in [9.17, 15) is 13.2 Å². The molecule has 6 heteroatoms. The molecule has 5 nitrogen and oxygen atoms in total. The van der Waals surface area contributed by atoms with Gasteiger partial charge >= 0.3 is 0 Å². The molecule has 122 valence electrons. The first kappa shape index (κ1) is 16.8. The highest BCUT2D eigenvalue weighted by Crippen LogP contribution is 2.20. The topological polar surface area (TPSA) is 63.7 Å². The van der Waals surface area contributed by atoms with Gasteiger partial charge in [-0.15, -0.1) is 0 Å². The number of hydrogen-bond acceptors (Lipinski definition) is 4. The molecule has 1 amide bonds. The number of rotatable bonds is 5. The maximum atomic E-state index is 12.3. The van der Waals surface area contributed by atoms with Crippen molar-refractivity contribution in [1.82, 2.24) is 4.90 Å². The highest BCUT2D eigenvalue weighted by Gasteiger charge is 2.25. The van der Waals surface area contributed by atoms with Gasteiger partial charge in [-0.25, -0.2) is 8.42 Å². The Kier molecular flexibility index (Phi) is 5.45. The summed E-state index contributed by atoms with van der Waals surface area (Å²) in [5, 5.41) is 0. The quantitative estimate of drug-likeness (QED) is 0.823. The van der Waals surface area contributed by atoms with Gasteiger partial charge in [0.05, 0.1) is 19.3 Å². The van der Waals surface area contributed by atoms with Crippen LogP contribution in [-0.2, 0) is 21.1 Å². The summed E-state index contributed by atoms with van der Waals surface area (Å²) in [6.07, 6.45) is 3.18. The van der Waals surface area contributed by atoms with E-state index in [-0.39, 0.29) is 17.6 Å². The largest absolute Gasteiger partial charge is 0.497 e. The molecule has 22 heavy (non-hydrogen) atoms. The summed E-state index contributed by atoms with van der Waals surface area (Å²) in [7, 11) is -1.32. The first-order valence-corrected chi connectivity index (χ1v) is 9.52. The molecule has 1 aromatic rings. The zero-order valence-corrected chi connectivity index (χ0v) is 13.9. The second kappa shape index (κ2) is 7.13. The van der Waals surface area contributed by atoms with Crippen molar-refractivity contribution < 1.29 is 17.9 Å². The molecule has 1 fully saturated rings. The lowest BCUT2D eigenvalue weighted by Crippen LogP contribution is -2.40. The zero-order valence-electron chi connectivity index (χ0n) is 13.1. The number of piperidine rings is 1. The number of methoxy groups -OCH3 is 1. The number of ether oxygens (including phenoxy) is 1. The van der Waals surface area contributed by atoms with Gasteiger partial charge in [-0.2, -0.15) is 0 Å². The second-order valence-corrected chi connectivity index (χ2v) is 8.13. The summed E-state index contributed by atoms with van der Waals surface area (Å²) < 4.78 is 27.7. The molecule has 0 unspecified atom stereocenters. The van der Waals surface area contributed by atoms with Crippen molar-refractivity contribution in [2.24, 2.45) is 5.92 Å². The number of nitrogens with zero attached hydrogens (tertiary/aromatic N) is 1. The van der Waals surface area contributed by atoms with Crippen LogP contribution < -0.4 is 4.74 Å². The Bertz CT molecular complexity index is 602. The summed E-state index contributed by atoms with van der Waals surface area (Å²) in [4.78, 5) is 14.1. The minimum Gasteiger partial charge on any atom is -0.497 e. The van der Waals surface area contributed by atoms with Gasteiger partial charge in [-0.1, -0.05) is 12.1 Å². The molecule has 1 aliphatic heterocycles. The fourth-order valence-electron chi connectivity index (χ4n) is 2.81. The lowest BCUT2D eigenvalue weighted by Gasteiger charge is -2.31. The third kappa shape index (κ3) is 5.02. The third-order valence-corrected chi connectivity index (χ3v) is 5.10. The van der Waals surface area contributed by atoms with Crippen LogP contribution in [-0.4, -0.2) is 51.4 Å². The predicted octanol–water partition coefficient (Wildman–Crippen LogP) is 1.52. The zero-order chi connectivity index (χ0) is 16.2. The summed E-state index contributed by atoms with van der Waals surface area (Å²) in [6, 6.07) is 7.49. The molecular formula is C16H23NO4S. The minimum absolute atomic E-state index is 0.1000. The van der Waals surface area contributed by atoms with Crippen molar-refractivity contribution in [3.05, 3.63) is 29.8 Å². The normalized spacial score (nSPS) is 16.5. The lowest BCUT2D eigenvalue weighted by molar-refractivity contribution is -0.131. The van der Waals surface area contributed by atoms with Crippen LogP contribution in [0.3, 0.4) is 0 Å². The number of sulfone groups is 1. The molecule has 0 bridgehead atoms. The molecule has 1 saturated heterocycles. The number of benzene rings is 1. The van der Waals surface area contributed by atoms with E-state index in [4.69, 9.17) is 4.74 Å². The monoisotopic (exact) mass is 325 g/mol. The average Bonchev–Trinajstić information content (AvgIpc) is 2.47. The Morgan fingerprint density at radius 3 is 2.32 bits per heavy atom. The highest BCUT2D eigenvalue weighted by atomic mass is 32.2. The Morgan fingerprint density at radius 1 is 1.23 bits per heavy atom. The Hall–Kier alpha value is -1.56. The van der Waals surface area contributed by atoms with E-state index in [2.05, 4.69) is 0 Å². The Balaban J connectivity index is 1.84. The number of likely N-dealkylation sites (tertiary alicyclic amines) is 1. The lowest BCUT2D eigenvalue weighted by atomic mass is 9.98. The van der Waals surface area contributed by atoms with Crippen molar-refractivity contribution in [1.29, 1.82) is 0 Å². The van der Waals surface area contributed by atoms with E-state index in [0.717, 1.165) is 24.2 Å². The average molecular weight is 325 g/mol. The van der Waals surface area contributed by atoms with Crippen LogP contribution in [0.25, 0.3) is 0 Å². The Labute approximate surface area is 132 Å². The molecule has 0 aromatic heterocycles. The number of amides is 1. The standard InChI is InChI=1S/C16H23NO4S/c1-21-15-5-3-13(4-6-15)11-16(18)17-9-7-14(8-10-17)12-22(2,19)20/h3-6,14H,7-12H2,1-2H3. The third-order valence-electron chi connectivity index (χ3n) is 4.02. The van der Waals surface area contributed by atoms with Crippen molar-refractivity contribution in [3.8, 4) is 5.75 Å². The van der Waals surface area contributed by atoms with Gasteiger partial charge in [0.1, 0.15) is 15.6 Å². The maximum absolute atomic E-state index is 12.3. The van der Waals surface area contributed by atoms with E-state index in [0.29, 0.717) is 19.5 Å². The molecule has 0 aliphatic carbocycles. The van der Waals surface area contributed by atoms with Gasteiger partial charge in [0.2, 0.25) is 5.91 Å². The van der Waals surface area contributed by atoms with Gasteiger partial charge in [0.15, 0.2) is 0 Å². The molecule has 0 N–H and O–H groups in total. The van der Waals surface area contributed by atoms with E-state index in [1.54, 1.807) is 7.11 Å². The molecule has 0 atom stereocenters. The van der Waals surface area contributed by atoms with Crippen molar-refractivity contribution in [2.75, 3.05) is 32.2 Å². The fourth-order valence-corrected chi connectivity index (χ4v) is 4.00. The van der Waals surface area contributed by atoms with Gasteiger partial charge in [-0.3, -0.25) is 4.79 Å². The van der Waals surface area contributed by atoms with E-state index < -0.39 is 9.84 Å². The van der Waals surface area contributed by atoms with Gasteiger partial charge < -0.3 is 9.64 Å². The molecule has 1 heterocycles. The van der Waals surface area contributed by atoms with Gasteiger partial charge in [-0.05, 0) is 36.5 Å². The van der Waals surface area contributed by atoms with Crippen molar-refractivity contribution in [3.63, 3.8) is 0 Å². The number of carbonyl (C=O) groups is 1. The smallest absolute Gasteiger partial charge is 0.226 e. The van der Waals surface area contributed by atoms with Crippen LogP contribution in [0.15, 0.2) is 24.3 Å². The summed E-state index contributed by atoms with van der Waals surface area (Å²) in [5.41, 5.74) is 0.962. The van der Waals surface area contributed by atoms with Crippen LogP contribution in [0, 0.1) is 5.92 Å². The molecular weight excluding hydrogens is 302 g/mol. The minimum atomic E-state index is -2.93. The van der Waals surface area contributed by atoms with Crippen LogP contribution in [0.5, 0.6) is 5.75 Å². The first-order chi connectivity index (χ1) is 10.4. The molecule has 1 aromatic carbocycles. The van der Waals surface area contributed by atoms with Crippen LogP contribution >= 0.6 is 0 Å². The van der Waals surface area contributed by atoms with Crippen molar-refractivity contribution >= 4 is 15.7 Å². The molecule has 0 spiro atoms. The first-order valence-electron chi connectivity index (χ1n) is 7.46. The van der Waals surface area contributed by atoms with Gasteiger partial charge in [0.25, 0.3) is 0 Å². The van der Waals surface area contributed by atoms with E-state index in [1.807, 2.05) is 29.2 Å². The highest BCUT2D eigenvalue weighted by molar-refractivity contribution is 7.90. The molecule has 2 rings (SSSR count). The summed E-state index contributed by atoms with van der Waals surface area (Å²) >= 11 is 0. The summed E-state index contributed by atoms with van der Waals surface area (Å²) in [6.45, 7) is 1.30. The number of carbonyl (C=O) groups excluding carboxylic acids is 1. The predicted molar refractivity (Wildman–Crippen MR) is 85.7 cm³/mol. The molecule has 1 aliphatic rings. The van der Waals surface area contributed by atoms with Gasteiger partial charge in [0, 0.05) is 19.3 Å². The van der Waals surface area contributed by atoms with E-state index >= 15 is 0 Å². The Morgan fingerprint density at radius 2 is 1.82 bits per heavy atom. The second-order valence-electron chi connectivity index (χ2n) is 5.94. The molecule has 0 radical (unpaired) electrons. The van der Waals surface area contributed by atoms with E-state index in [1.165, 1.54) is 6.26 Å². The summed E-state index contributed by atoms with van der Waals surface area (Å²) in [5.74, 6) is 1.29. The molecule has 0 saturated carbocycles. The number of hydrogen-bond donors (Lipinski definition) is 0. The van der Waals surface area contributed by atoms with Crippen LogP contribution in [0.4, 0.5) is 0 Å². The maximum Gasteiger partial charge on any atom is 0.226 e. The SMILES string of the molecule is COc1ccc(CC(=O)N2CCC(CS(C)(=O)=O)CC2)cc1. The fraction of sp³-hybridized carbons (Fsp3) is 0.562.